The summed E-state index contributed by atoms with van der Waals surface area (Å²) >= 11 is 0. The van der Waals surface area contributed by atoms with E-state index in [0.29, 0.717) is 17.5 Å². The van der Waals surface area contributed by atoms with Crippen molar-refractivity contribution >= 4 is 54.1 Å². The number of rotatable bonds is 6. The molecule has 2 heterocycles. The summed E-state index contributed by atoms with van der Waals surface area (Å²) in [6.07, 6.45) is 0. The standard InChI is InChI=1S/C58H38N4/c1-37-31-44(35-45(32-37)62-54-27-11-9-25-51(54)52-26-10-12-28-55(52)62)58-60-56(42-20-14-19-41(34-42)40-18-13-17-39(33-40)38-15-3-2-4-16-38)59-57(61-58)43-29-30-50-48-23-6-5-21-46(48)47-22-7-8-24-49(47)53(50)36-43/h2-36H,1H3. The van der Waals surface area contributed by atoms with Gasteiger partial charge in [-0.1, -0.05) is 164 Å². The molecule has 4 heteroatoms. The molecule has 0 spiro atoms. The van der Waals surface area contributed by atoms with Crippen molar-refractivity contribution in [1.29, 1.82) is 0 Å². The number of para-hydroxylation sites is 2. The minimum absolute atomic E-state index is 0.620. The summed E-state index contributed by atoms with van der Waals surface area (Å²) in [6.45, 7) is 2.15. The lowest BCUT2D eigenvalue weighted by Crippen LogP contribution is -2.02. The Hall–Kier alpha value is -8.21. The zero-order valence-corrected chi connectivity index (χ0v) is 34.0. The molecule has 2 aromatic heterocycles. The van der Waals surface area contributed by atoms with Crippen LogP contribution < -0.4 is 0 Å². The molecule has 0 fully saturated rings. The minimum atomic E-state index is 0.620. The molecule has 0 radical (unpaired) electrons. The molecule has 0 bridgehead atoms. The Morgan fingerprint density at radius 3 is 1.29 bits per heavy atom. The van der Waals surface area contributed by atoms with Crippen molar-refractivity contribution in [2.75, 3.05) is 0 Å². The number of hydrogen-bond acceptors (Lipinski definition) is 3. The number of nitrogens with zero attached hydrogens (tertiary/aromatic N) is 4. The van der Waals surface area contributed by atoms with Gasteiger partial charge in [-0.25, -0.2) is 15.0 Å². The van der Waals surface area contributed by atoms with Crippen molar-refractivity contribution in [3.63, 3.8) is 0 Å². The number of hydrogen-bond donors (Lipinski definition) is 0. The molecular weight excluding hydrogens is 753 g/mol. The normalized spacial score (nSPS) is 11.6. The molecule has 0 saturated carbocycles. The van der Waals surface area contributed by atoms with Gasteiger partial charge in [-0.3, -0.25) is 0 Å². The molecule has 62 heavy (non-hydrogen) atoms. The predicted octanol–water partition coefficient (Wildman–Crippen LogP) is 15.1. The Kier molecular flexibility index (Phi) is 8.36. The Labute approximate surface area is 359 Å². The highest BCUT2D eigenvalue weighted by Crippen LogP contribution is 2.39. The molecule has 0 aliphatic carbocycles. The maximum atomic E-state index is 5.33. The van der Waals surface area contributed by atoms with E-state index in [1.54, 1.807) is 0 Å². The van der Waals surface area contributed by atoms with Gasteiger partial charge in [0.15, 0.2) is 17.5 Å². The highest BCUT2D eigenvalue weighted by molar-refractivity contribution is 6.25. The third kappa shape index (κ3) is 6.03. The Morgan fingerprint density at radius 1 is 0.274 bits per heavy atom. The quantitative estimate of drug-likeness (QED) is 0.158. The molecule has 4 nitrogen and oxygen atoms in total. The number of aromatic nitrogens is 4. The first-order valence-electron chi connectivity index (χ1n) is 21.1. The minimum Gasteiger partial charge on any atom is -0.309 e. The van der Waals surface area contributed by atoms with Gasteiger partial charge in [-0.2, -0.15) is 0 Å². The van der Waals surface area contributed by atoms with E-state index in [4.69, 9.17) is 15.0 Å². The van der Waals surface area contributed by atoms with Crippen LogP contribution in [0.1, 0.15) is 5.56 Å². The van der Waals surface area contributed by atoms with Crippen LogP contribution in [0.2, 0.25) is 0 Å². The lowest BCUT2D eigenvalue weighted by Gasteiger charge is -2.14. The summed E-state index contributed by atoms with van der Waals surface area (Å²) in [5.74, 6) is 1.87. The van der Waals surface area contributed by atoms with E-state index in [1.807, 2.05) is 0 Å². The SMILES string of the molecule is Cc1cc(-c2nc(-c3cccc(-c4cccc(-c5ccccc5)c4)c3)nc(-c3ccc4c5ccccc5c5ccccc5c4c3)n2)cc(-n2c3ccccc3c3ccccc32)c1. The maximum Gasteiger partial charge on any atom is 0.164 e. The average molecular weight is 791 g/mol. The number of benzene rings is 10. The second-order valence-corrected chi connectivity index (χ2v) is 16.1. The molecule has 12 aromatic rings. The van der Waals surface area contributed by atoms with Crippen LogP contribution in [0, 0.1) is 6.92 Å². The van der Waals surface area contributed by atoms with Crippen LogP contribution in [0.4, 0.5) is 0 Å². The molecule has 0 N–H and O–H groups in total. The second-order valence-electron chi connectivity index (χ2n) is 16.1. The van der Waals surface area contributed by atoms with Gasteiger partial charge in [0.25, 0.3) is 0 Å². The van der Waals surface area contributed by atoms with E-state index >= 15 is 0 Å². The molecule has 12 rings (SSSR count). The fourth-order valence-electron chi connectivity index (χ4n) is 9.38. The highest BCUT2D eigenvalue weighted by atomic mass is 15.0. The fourth-order valence-corrected chi connectivity index (χ4v) is 9.38. The lowest BCUT2D eigenvalue weighted by molar-refractivity contribution is 1.07. The van der Waals surface area contributed by atoms with E-state index in [9.17, 15) is 0 Å². The molecule has 10 aromatic carbocycles. The van der Waals surface area contributed by atoms with Gasteiger partial charge in [0.1, 0.15) is 0 Å². The first-order valence-corrected chi connectivity index (χ1v) is 21.1. The third-order valence-electron chi connectivity index (χ3n) is 12.2. The average Bonchev–Trinajstić information content (AvgIpc) is 3.68. The zero-order chi connectivity index (χ0) is 41.1. The van der Waals surface area contributed by atoms with E-state index in [2.05, 4.69) is 224 Å². The molecule has 0 aliphatic rings. The summed E-state index contributed by atoms with van der Waals surface area (Å²) < 4.78 is 2.36. The summed E-state index contributed by atoms with van der Waals surface area (Å²) in [4.78, 5) is 15.9. The topological polar surface area (TPSA) is 43.6 Å². The Morgan fingerprint density at radius 2 is 0.694 bits per heavy atom. The molecule has 290 valence electrons. The van der Waals surface area contributed by atoms with E-state index in [-0.39, 0.29) is 0 Å². The third-order valence-corrected chi connectivity index (χ3v) is 12.2. The number of aryl methyl sites for hydroxylation is 1. The van der Waals surface area contributed by atoms with Crippen LogP contribution >= 0.6 is 0 Å². The summed E-state index contributed by atoms with van der Waals surface area (Å²) in [5, 5.41) is 9.74. The Balaban J connectivity index is 1.06. The first kappa shape index (κ1) is 35.7. The van der Waals surface area contributed by atoms with E-state index in [0.717, 1.165) is 50.1 Å². The monoisotopic (exact) mass is 790 g/mol. The largest absolute Gasteiger partial charge is 0.309 e. The van der Waals surface area contributed by atoms with Gasteiger partial charge < -0.3 is 4.57 Å². The zero-order valence-electron chi connectivity index (χ0n) is 34.0. The van der Waals surface area contributed by atoms with Crippen molar-refractivity contribution in [2.24, 2.45) is 0 Å². The number of fused-ring (bicyclic) bond motifs is 9. The smallest absolute Gasteiger partial charge is 0.164 e. The van der Waals surface area contributed by atoms with Crippen LogP contribution in [0.5, 0.6) is 0 Å². The van der Waals surface area contributed by atoms with E-state index in [1.165, 1.54) is 54.2 Å². The molecule has 0 unspecified atom stereocenters. The van der Waals surface area contributed by atoms with Gasteiger partial charge in [0.05, 0.1) is 11.0 Å². The van der Waals surface area contributed by atoms with Gasteiger partial charge >= 0.3 is 0 Å². The van der Waals surface area contributed by atoms with Gasteiger partial charge in [0.2, 0.25) is 0 Å². The molecule has 0 atom stereocenters. The summed E-state index contributed by atoms with van der Waals surface area (Å²) in [6, 6.07) is 75.7. The van der Waals surface area contributed by atoms with E-state index < -0.39 is 0 Å². The van der Waals surface area contributed by atoms with Gasteiger partial charge in [0, 0.05) is 33.2 Å². The molecular formula is C58H38N4. The molecule has 0 aliphatic heterocycles. The lowest BCUT2D eigenvalue weighted by atomic mass is 9.93. The molecule has 0 saturated heterocycles. The Bertz CT molecular complexity index is 3630. The first-order chi connectivity index (χ1) is 30.6. The van der Waals surface area contributed by atoms with Crippen LogP contribution in [-0.4, -0.2) is 19.5 Å². The van der Waals surface area contributed by atoms with Crippen molar-refractivity contribution in [1.82, 2.24) is 19.5 Å². The van der Waals surface area contributed by atoms with Gasteiger partial charge in [-0.15, -0.1) is 0 Å². The second kappa shape index (κ2) is 14.5. The predicted molar refractivity (Wildman–Crippen MR) is 259 cm³/mol. The van der Waals surface area contributed by atoms with Crippen molar-refractivity contribution in [3.05, 3.63) is 218 Å². The van der Waals surface area contributed by atoms with Crippen LogP contribution in [0.3, 0.4) is 0 Å². The summed E-state index contributed by atoms with van der Waals surface area (Å²) in [7, 11) is 0. The van der Waals surface area contributed by atoms with Crippen LogP contribution in [0.25, 0.3) is 116 Å². The molecule has 0 amide bonds. The maximum absolute atomic E-state index is 5.33. The van der Waals surface area contributed by atoms with Crippen LogP contribution in [0.15, 0.2) is 212 Å². The summed E-state index contributed by atoms with van der Waals surface area (Å²) in [5.41, 5.74) is 11.9. The van der Waals surface area contributed by atoms with Gasteiger partial charge in [-0.05, 0) is 116 Å². The van der Waals surface area contributed by atoms with Crippen LogP contribution in [-0.2, 0) is 0 Å². The fraction of sp³-hybridized carbons (Fsp3) is 0.0172. The highest BCUT2D eigenvalue weighted by Gasteiger charge is 2.18. The van der Waals surface area contributed by atoms with Crippen molar-refractivity contribution < 1.29 is 0 Å². The van der Waals surface area contributed by atoms with Crippen molar-refractivity contribution in [2.45, 2.75) is 6.92 Å². The van der Waals surface area contributed by atoms with Crippen molar-refractivity contribution in [3.8, 4) is 62.1 Å².